The fourth-order valence-electron chi connectivity index (χ4n) is 0.965. The highest BCUT2D eigenvalue weighted by Crippen LogP contribution is 2.58. The minimum atomic E-state index is -6.60. The molecule has 0 aromatic carbocycles. The Morgan fingerprint density at radius 2 is 1.06 bits per heavy atom. The van der Waals surface area contributed by atoms with Crippen molar-refractivity contribution in [2.75, 3.05) is 0 Å². The van der Waals surface area contributed by atoms with Gasteiger partial charge in [0.15, 0.2) is 0 Å². The van der Waals surface area contributed by atoms with Crippen molar-refractivity contribution >= 4 is 0 Å². The summed E-state index contributed by atoms with van der Waals surface area (Å²) in [7, 11) is 0. The zero-order chi connectivity index (χ0) is 14.6. The van der Waals surface area contributed by atoms with Gasteiger partial charge in [-0.2, -0.15) is 43.9 Å². The van der Waals surface area contributed by atoms with Crippen LogP contribution in [0.4, 0.5) is 43.9 Å². The van der Waals surface area contributed by atoms with Gasteiger partial charge in [0, 0.05) is 0 Å². The molecule has 0 spiro atoms. The fraction of sp³-hybridized carbons (Fsp3) is 0.667. The summed E-state index contributed by atoms with van der Waals surface area (Å²) in [5.74, 6) is -15.1. The van der Waals surface area contributed by atoms with E-state index in [0.29, 0.717) is 0 Å². The molecule has 0 bridgehead atoms. The zero-order valence-corrected chi connectivity index (χ0v) is 7.60. The third-order valence-corrected chi connectivity index (χ3v) is 1.76. The second-order valence-corrected chi connectivity index (χ2v) is 2.94. The molecular weight excluding hydrogens is 294 g/mol. The maximum atomic E-state index is 13.0. The molecule has 1 heterocycles. The van der Waals surface area contributed by atoms with Crippen LogP contribution < -0.4 is 0 Å². The van der Waals surface area contributed by atoms with E-state index in [0.717, 1.165) is 0 Å². The van der Waals surface area contributed by atoms with Gasteiger partial charge >= 0.3 is 36.1 Å². The van der Waals surface area contributed by atoms with Gasteiger partial charge in [0.05, 0.1) is 0 Å². The Hall–Kier alpha value is -1.36. The molecule has 0 unspecified atom stereocenters. The van der Waals surface area contributed by atoms with Crippen LogP contribution in [0.5, 0.6) is 0 Å². The van der Waals surface area contributed by atoms with E-state index >= 15 is 0 Å². The summed E-state index contributed by atoms with van der Waals surface area (Å²) in [6.07, 6.45) is -16.6. The molecule has 0 aliphatic carbocycles. The maximum Gasteiger partial charge on any atom is 0.468 e. The van der Waals surface area contributed by atoms with Crippen LogP contribution in [-0.2, 0) is 9.47 Å². The molecule has 0 radical (unpaired) electrons. The van der Waals surface area contributed by atoms with E-state index in [1.165, 1.54) is 0 Å². The highest BCUT2D eigenvalue weighted by molar-refractivity contribution is 5.08. The topological polar surface area (TPSA) is 18.5 Å². The summed E-state index contributed by atoms with van der Waals surface area (Å²) in [5.41, 5.74) is 0. The predicted octanol–water partition coefficient (Wildman–Crippen LogP) is 3.55. The van der Waals surface area contributed by atoms with E-state index in [4.69, 9.17) is 0 Å². The first-order valence-corrected chi connectivity index (χ1v) is 3.71. The lowest BCUT2D eigenvalue weighted by Gasteiger charge is -2.30. The molecule has 1 aliphatic rings. The Morgan fingerprint density at radius 1 is 0.778 bits per heavy atom. The molecule has 1 rings (SSSR count). The smallest absolute Gasteiger partial charge is 0.409 e. The molecule has 106 valence electrons. The summed E-state index contributed by atoms with van der Waals surface area (Å²) in [6, 6.07) is 0. The number of hydrogen-bond donors (Lipinski definition) is 0. The van der Waals surface area contributed by atoms with Crippen LogP contribution >= 0.6 is 0 Å². The third-order valence-electron chi connectivity index (χ3n) is 1.76. The van der Waals surface area contributed by atoms with Gasteiger partial charge in [-0.05, 0) is 0 Å². The summed E-state index contributed by atoms with van der Waals surface area (Å²) >= 11 is 0. The molecule has 0 N–H and O–H groups in total. The number of ether oxygens (including phenoxy) is 2. The minimum absolute atomic E-state index is 2.64. The van der Waals surface area contributed by atoms with E-state index in [9.17, 15) is 43.9 Å². The van der Waals surface area contributed by atoms with Crippen molar-refractivity contribution in [1.29, 1.82) is 0 Å². The summed E-state index contributed by atoms with van der Waals surface area (Å²) in [6.45, 7) is 0. The second kappa shape index (κ2) is 3.57. The van der Waals surface area contributed by atoms with Crippen molar-refractivity contribution in [2.24, 2.45) is 0 Å². The first-order valence-electron chi connectivity index (χ1n) is 3.71. The molecule has 0 aromatic rings. The van der Waals surface area contributed by atoms with Crippen molar-refractivity contribution in [3.63, 3.8) is 0 Å². The van der Waals surface area contributed by atoms with Crippen molar-refractivity contribution in [2.45, 2.75) is 24.1 Å². The van der Waals surface area contributed by atoms with E-state index in [2.05, 4.69) is 9.47 Å². The molecule has 2 nitrogen and oxygen atoms in total. The van der Waals surface area contributed by atoms with Crippen molar-refractivity contribution in [3.05, 3.63) is 12.0 Å². The monoisotopic (exact) mass is 294 g/mol. The predicted molar refractivity (Wildman–Crippen MR) is 31.2 cm³/mol. The molecule has 1 fully saturated rings. The van der Waals surface area contributed by atoms with Crippen LogP contribution in [0.15, 0.2) is 12.0 Å². The Kier molecular flexibility index (Phi) is 2.92. The molecule has 2 atom stereocenters. The zero-order valence-electron chi connectivity index (χ0n) is 7.60. The van der Waals surface area contributed by atoms with Gasteiger partial charge in [-0.1, -0.05) is 0 Å². The van der Waals surface area contributed by atoms with Gasteiger partial charge in [0.2, 0.25) is 0 Å². The Balaban J connectivity index is 3.44. The summed E-state index contributed by atoms with van der Waals surface area (Å²) in [4.78, 5) is 0. The largest absolute Gasteiger partial charge is 0.468 e. The lowest BCUT2D eigenvalue weighted by Crippen LogP contribution is -2.62. The average Bonchev–Trinajstić information content (AvgIpc) is 2.39. The molecule has 18 heavy (non-hydrogen) atoms. The Morgan fingerprint density at radius 3 is 1.22 bits per heavy atom. The molecule has 1 aliphatic heterocycles. The highest BCUT2D eigenvalue weighted by Gasteiger charge is 2.88. The first kappa shape index (κ1) is 14.7. The van der Waals surface area contributed by atoms with Crippen molar-refractivity contribution in [3.8, 4) is 0 Å². The lowest BCUT2D eigenvalue weighted by atomic mass is 10.1. The summed E-state index contributed by atoms with van der Waals surface area (Å²) < 4.78 is 127. The molecule has 0 aromatic heterocycles. The van der Waals surface area contributed by atoms with Crippen LogP contribution in [0.25, 0.3) is 0 Å². The maximum absolute atomic E-state index is 13.0. The van der Waals surface area contributed by atoms with E-state index < -0.39 is 36.1 Å². The van der Waals surface area contributed by atoms with Gasteiger partial charge < -0.3 is 9.47 Å². The first-order chi connectivity index (χ1) is 7.76. The van der Waals surface area contributed by atoms with Gasteiger partial charge in [0.1, 0.15) is 0 Å². The van der Waals surface area contributed by atoms with Gasteiger partial charge in [-0.25, -0.2) is 0 Å². The van der Waals surface area contributed by atoms with Crippen LogP contribution in [0.2, 0.25) is 0 Å². The third kappa shape index (κ3) is 1.73. The Labute approximate surface area is 90.8 Å². The van der Waals surface area contributed by atoms with E-state index in [1.54, 1.807) is 0 Å². The number of alkyl halides is 8. The van der Waals surface area contributed by atoms with Crippen LogP contribution in [-0.4, -0.2) is 24.1 Å². The van der Waals surface area contributed by atoms with Gasteiger partial charge in [-0.3, -0.25) is 0 Å². The second-order valence-electron chi connectivity index (χ2n) is 2.94. The van der Waals surface area contributed by atoms with Crippen molar-refractivity contribution < 1.29 is 53.4 Å². The van der Waals surface area contributed by atoms with Crippen LogP contribution in [0, 0.1) is 0 Å². The molecule has 0 saturated carbocycles. The molecule has 0 amide bonds. The normalized spacial score (nSPS) is 33.1. The van der Waals surface area contributed by atoms with Gasteiger partial charge in [-0.15, -0.1) is 0 Å². The van der Waals surface area contributed by atoms with Gasteiger partial charge in [0.25, 0.3) is 0 Å². The minimum Gasteiger partial charge on any atom is -0.409 e. The lowest BCUT2D eigenvalue weighted by molar-refractivity contribution is -0.422. The Bertz CT molecular complexity index is 349. The highest BCUT2D eigenvalue weighted by atomic mass is 19.4. The average molecular weight is 294 g/mol. The number of rotatable bonds is 0. The number of halogens is 10. The van der Waals surface area contributed by atoms with Crippen LogP contribution in [0.1, 0.15) is 0 Å². The number of hydrogen-bond acceptors (Lipinski definition) is 2. The van der Waals surface area contributed by atoms with E-state index in [-0.39, 0.29) is 0 Å². The van der Waals surface area contributed by atoms with E-state index in [1.807, 2.05) is 0 Å². The molecule has 12 heteroatoms. The van der Waals surface area contributed by atoms with Crippen LogP contribution in [0.3, 0.4) is 0 Å². The van der Waals surface area contributed by atoms with Crippen molar-refractivity contribution in [1.82, 2.24) is 0 Å². The standard InChI is InChI=1S/C6F10O2/c7-1(8)2-17-3(9,5(11,12)13)4(10,18-2)6(14,15)16/t3-,4-/m0/s1. The quantitative estimate of drug-likeness (QED) is 0.636. The summed E-state index contributed by atoms with van der Waals surface area (Å²) in [5, 5.41) is 0. The SMILES string of the molecule is FC(F)=C1O[C@](F)(C(F)(F)F)[C@@](F)(C(F)(F)F)O1. The molecule has 1 saturated heterocycles. The fourth-order valence-corrected chi connectivity index (χ4v) is 0.965. The molecular formula is C6F10O2.